The zero-order valence-corrected chi connectivity index (χ0v) is 14.3. The van der Waals surface area contributed by atoms with E-state index in [4.69, 9.17) is 5.84 Å². The van der Waals surface area contributed by atoms with Gasteiger partial charge in [-0.1, -0.05) is 26.2 Å². The fourth-order valence-corrected chi connectivity index (χ4v) is 3.08. The van der Waals surface area contributed by atoms with Crippen LogP contribution >= 0.6 is 0 Å². The van der Waals surface area contributed by atoms with Gasteiger partial charge >= 0.3 is 5.97 Å². The van der Waals surface area contributed by atoms with Gasteiger partial charge in [0.1, 0.15) is 5.82 Å². The van der Waals surface area contributed by atoms with E-state index in [1.807, 2.05) is 6.92 Å². The van der Waals surface area contributed by atoms with Gasteiger partial charge < -0.3 is 10.2 Å². The number of aliphatic hydroxyl groups is 1. The van der Waals surface area contributed by atoms with Gasteiger partial charge in [-0.05, 0) is 24.6 Å². The van der Waals surface area contributed by atoms with Crippen LogP contribution in [0.5, 0.6) is 0 Å². The molecule has 0 saturated carbocycles. The number of benzene rings is 1. The Bertz CT molecular complexity index is 741. The second kappa shape index (κ2) is 8.22. The van der Waals surface area contributed by atoms with Crippen LogP contribution in [0.15, 0.2) is 30.5 Å². The van der Waals surface area contributed by atoms with E-state index in [1.165, 1.54) is 29.4 Å². The van der Waals surface area contributed by atoms with Gasteiger partial charge in [-0.3, -0.25) is 9.99 Å². The molecule has 2 rings (SSSR count). The second-order valence-electron chi connectivity index (χ2n) is 6.13. The lowest BCUT2D eigenvalue weighted by Crippen LogP contribution is -2.59. The molecule has 0 bridgehead atoms. The van der Waals surface area contributed by atoms with Crippen molar-refractivity contribution in [3.05, 3.63) is 36.3 Å². The van der Waals surface area contributed by atoms with Crippen molar-refractivity contribution in [1.29, 1.82) is 0 Å². The minimum Gasteiger partial charge on any atom is -0.479 e. The maximum atomic E-state index is 13.4. The molecule has 0 aliphatic heterocycles. The molecule has 0 amide bonds. The Balaban J connectivity index is 2.51. The molecule has 0 saturated heterocycles. The van der Waals surface area contributed by atoms with Crippen molar-refractivity contribution in [2.75, 3.05) is 11.6 Å². The summed E-state index contributed by atoms with van der Waals surface area (Å²) in [5, 5.41) is 21.1. The van der Waals surface area contributed by atoms with E-state index in [0.29, 0.717) is 29.4 Å². The Morgan fingerprint density at radius 3 is 2.72 bits per heavy atom. The minimum absolute atomic E-state index is 0.00639. The number of anilines is 1. The molecule has 7 heteroatoms. The molecule has 0 aliphatic carbocycles. The summed E-state index contributed by atoms with van der Waals surface area (Å²) < 4.78 is 13.4. The number of hydrazine groups is 1. The molecule has 0 spiro atoms. The van der Waals surface area contributed by atoms with Crippen LogP contribution in [0, 0.1) is 5.82 Å². The van der Waals surface area contributed by atoms with E-state index in [-0.39, 0.29) is 13.0 Å². The third kappa shape index (κ3) is 3.88. The summed E-state index contributed by atoms with van der Waals surface area (Å²) in [7, 11) is 0. The van der Waals surface area contributed by atoms with Gasteiger partial charge in [0.15, 0.2) is 5.54 Å². The number of hydrogen-bond donors (Lipinski definition) is 3. The number of hydrogen-bond acceptors (Lipinski definition) is 5. The second-order valence-corrected chi connectivity index (χ2v) is 6.13. The number of carboxylic acid groups (broad SMARTS) is 1. The summed E-state index contributed by atoms with van der Waals surface area (Å²) in [6, 6.07) is 5.70. The first-order chi connectivity index (χ1) is 12.0. The molecule has 6 nitrogen and oxygen atoms in total. The summed E-state index contributed by atoms with van der Waals surface area (Å²) in [4.78, 5) is 16.2. The number of aromatic nitrogens is 1. The quantitative estimate of drug-likeness (QED) is 0.366. The molecule has 1 atom stereocenters. The molecule has 1 unspecified atom stereocenters. The number of unbranched alkanes of at least 4 members (excludes halogenated alkanes) is 2. The van der Waals surface area contributed by atoms with Crippen molar-refractivity contribution in [2.24, 2.45) is 5.84 Å². The van der Waals surface area contributed by atoms with E-state index in [0.717, 1.165) is 12.8 Å². The molecular weight excluding hydrogens is 325 g/mol. The fourth-order valence-electron chi connectivity index (χ4n) is 3.08. The predicted molar refractivity (Wildman–Crippen MR) is 94.6 cm³/mol. The van der Waals surface area contributed by atoms with Crippen molar-refractivity contribution in [3.8, 4) is 0 Å². The van der Waals surface area contributed by atoms with Crippen LogP contribution < -0.4 is 10.9 Å². The molecule has 0 aliphatic rings. The standard InChI is InChI=1S/C18H24FN3O3/c1-2-3-4-8-18(9-11-23,17(24)25)22(20)16-7-10-21-15-12-13(19)5-6-14(15)16/h5-7,10,12,23H,2-4,8-9,11,20H2,1H3,(H,24,25). The molecule has 25 heavy (non-hydrogen) atoms. The zero-order valence-electron chi connectivity index (χ0n) is 14.3. The molecule has 0 fully saturated rings. The maximum Gasteiger partial charge on any atom is 0.331 e. The molecule has 136 valence electrons. The summed E-state index contributed by atoms with van der Waals surface area (Å²) in [6.45, 7) is 1.73. The van der Waals surface area contributed by atoms with Gasteiger partial charge in [-0.15, -0.1) is 0 Å². The molecule has 4 N–H and O–H groups in total. The monoisotopic (exact) mass is 349 g/mol. The highest BCUT2D eigenvalue weighted by molar-refractivity contribution is 5.94. The number of pyridine rings is 1. The molecule has 1 aromatic heterocycles. The highest BCUT2D eigenvalue weighted by Crippen LogP contribution is 2.33. The maximum absolute atomic E-state index is 13.4. The lowest BCUT2D eigenvalue weighted by atomic mass is 9.87. The molecule has 2 aromatic rings. The van der Waals surface area contributed by atoms with Gasteiger partial charge in [0, 0.05) is 30.7 Å². The van der Waals surface area contributed by atoms with Gasteiger partial charge in [0.25, 0.3) is 0 Å². The number of fused-ring (bicyclic) bond motifs is 1. The number of carboxylic acids is 1. The first-order valence-corrected chi connectivity index (χ1v) is 8.39. The number of nitrogens with zero attached hydrogens (tertiary/aromatic N) is 2. The molecule has 0 radical (unpaired) electrons. The first kappa shape index (κ1) is 19.1. The SMILES string of the molecule is CCCCCC(CCO)(C(=O)O)N(N)c1ccnc2cc(F)ccc12. The largest absolute Gasteiger partial charge is 0.479 e. The lowest BCUT2D eigenvalue weighted by Gasteiger charge is -2.39. The molecular formula is C18H24FN3O3. The highest BCUT2D eigenvalue weighted by Gasteiger charge is 2.43. The van der Waals surface area contributed by atoms with Crippen LogP contribution in [0.3, 0.4) is 0 Å². The third-order valence-corrected chi connectivity index (χ3v) is 4.52. The Morgan fingerprint density at radius 2 is 2.08 bits per heavy atom. The number of aliphatic hydroxyl groups excluding tert-OH is 1. The molecule has 1 aromatic carbocycles. The summed E-state index contributed by atoms with van der Waals surface area (Å²) in [5.41, 5.74) is -0.603. The fraction of sp³-hybridized carbons (Fsp3) is 0.444. The zero-order chi connectivity index (χ0) is 18.4. The van der Waals surface area contributed by atoms with Crippen molar-refractivity contribution in [1.82, 2.24) is 4.98 Å². The Hall–Kier alpha value is -2.25. The van der Waals surface area contributed by atoms with E-state index in [2.05, 4.69) is 4.98 Å². The summed E-state index contributed by atoms with van der Waals surface area (Å²) in [5.74, 6) is 4.75. The van der Waals surface area contributed by atoms with Crippen molar-refractivity contribution < 1.29 is 19.4 Å². The normalized spacial score (nSPS) is 13.6. The van der Waals surface area contributed by atoms with Crippen LogP contribution in [-0.2, 0) is 4.79 Å². The van der Waals surface area contributed by atoms with Crippen LogP contribution in [0.2, 0.25) is 0 Å². The van der Waals surface area contributed by atoms with E-state index in [1.54, 1.807) is 6.07 Å². The predicted octanol–water partition coefficient (Wildman–Crippen LogP) is 2.84. The number of rotatable bonds is 9. The van der Waals surface area contributed by atoms with Crippen molar-refractivity contribution >= 4 is 22.6 Å². The van der Waals surface area contributed by atoms with Crippen LogP contribution in [0.4, 0.5) is 10.1 Å². The van der Waals surface area contributed by atoms with Crippen molar-refractivity contribution in [3.63, 3.8) is 0 Å². The first-order valence-electron chi connectivity index (χ1n) is 8.39. The van der Waals surface area contributed by atoms with Gasteiger partial charge in [-0.25, -0.2) is 15.0 Å². The third-order valence-electron chi connectivity index (χ3n) is 4.52. The van der Waals surface area contributed by atoms with E-state index < -0.39 is 17.3 Å². The number of nitrogens with two attached hydrogens (primary N) is 1. The smallest absolute Gasteiger partial charge is 0.331 e. The van der Waals surface area contributed by atoms with Crippen LogP contribution in [0.1, 0.15) is 39.0 Å². The average Bonchev–Trinajstić information content (AvgIpc) is 2.59. The Kier molecular flexibility index (Phi) is 6.27. The Morgan fingerprint density at radius 1 is 1.32 bits per heavy atom. The van der Waals surface area contributed by atoms with Crippen molar-refractivity contribution in [2.45, 2.75) is 44.6 Å². The lowest BCUT2D eigenvalue weighted by molar-refractivity contribution is -0.144. The Labute approximate surface area is 146 Å². The topological polar surface area (TPSA) is 99.7 Å². The van der Waals surface area contributed by atoms with Crippen LogP contribution in [-0.4, -0.2) is 33.3 Å². The minimum atomic E-state index is -1.44. The highest BCUT2D eigenvalue weighted by atomic mass is 19.1. The average molecular weight is 349 g/mol. The van der Waals surface area contributed by atoms with Gasteiger partial charge in [0.2, 0.25) is 0 Å². The molecule has 1 heterocycles. The van der Waals surface area contributed by atoms with E-state index >= 15 is 0 Å². The van der Waals surface area contributed by atoms with Gasteiger partial charge in [-0.2, -0.15) is 0 Å². The summed E-state index contributed by atoms with van der Waals surface area (Å²) in [6.07, 6.45) is 4.25. The van der Waals surface area contributed by atoms with Crippen LogP contribution in [0.25, 0.3) is 10.9 Å². The summed E-state index contributed by atoms with van der Waals surface area (Å²) >= 11 is 0. The van der Waals surface area contributed by atoms with E-state index in [9.17, 15) is 19.4 Å². The van der Waals surface area contributed by atoms with Gasteiger partial charge in [0.05, 0.1) is 11.2 Å². The number of halogens is 1. The number of carbonyl (C=O) groups is 1. The number of aliphatic carboxylic acids is 1.